The molecule has 0 fully saturated rings. The SMILES string of the molecule is O=CNONc1ccccc1. The predicted octanol–water partition coefficient (Wildman–Crippen LogP) is 0.691. The van der Waals surface area contributed by atoms with E-state index < -0.39 is 0 Å². The smallest absolute Gasteiger partial charge is 0.232 e. The van der Waals surface area contributed by atoms with Gasteiger partial charge >= 0.3 is 0 Å². The first kappa shape index (κ1) is 7.56. The van der Waals surface area contributed by atoms with Crippen LogP contribution in [0.25, 0.3) is 0 Å². The maximum absolute atomic E-state index is 9.72. The van der Waals surface area contributed by atoms with Crippen LogP contribution in [-0.4, -0.2) is 6.41 Å². The molecule has 0 saturated heterocycles. The molecule has 1 amide bonds. The molecular formula is C7H8N2O2. The third-order valence-electron chi connectivity index (χ3n) is 1.05. The molecule has 2 N–H and O–H groups in total. The summed E-state index contributed by atoms with van der Waals surface area (Å²) in [6.45, 7) is 0. The number of anilines is 1. The van der Waals surface area contributed by atoms with Crippen LogP contribution in [0, 0.1) is 0 Å². The number of benzene rings is 1. The van der Waals surface area contributed by atoms with Gasteiger partial charge in [-0.2, -0.15) is 4.94 Å². The predicted molar refractivity (Wildman–Crippen MR) is 40.3 cm³/mol. The van der Waals surface area contributed by atoms with Crippen molar-refractivity contribution in [1.82, 2.24) is 5.48 Å². The van der Waals surface area contributed by atoms with Crippen LogP contribution in [0.4, 0.5) is 5.69 Å². The lowest BCUT2D eigenvalue weighted by Crippen LogP contribution is -2.16. The highest BCUT2D eigenvalue weighted by atomic mass is 16.8. The number of hydroxylamine groups is 1. The fourth-order valence-electron chi connectivity index (χ4n) is 0.619. The van der Waals surface area contributed by atoms with Gasteiger partial charge in [0.1, 0.15) is 0 Å². The van der Waals surface area contributed by atoms with E-state index in [0.29, 0.717) is 6.41 Å². The monoisotopic (exact) mass is 152 g/mol. The zero-order valence-electron chi connectivity index (χ0n) is 5.78. The van der Waals surface area contributed by atoms with E-state index in [9.17, 15) is 4.79 Å². The second-order valence-electron chi connectivity index (χ2n) is 1.81. The van der Waals surface area contributed by atoms with Gasteiger partial charge in [0.2, 0.25) is 6.41 Å². The summed E-state index contributed by atoms with van der Waals surface area (Å²) in [6.07, 6.45) is 0.440. The van der Waals surface area contributed by atoms with Gasteiger partial charge in [-0.3, -0.25) is 4.79 Å². The molecule has 4 nitrogen and oxygen atoms in total. The first-order valence-electron chi connectivity index (χ1n) is 3.09. The van der Waals surface area contributed by atoms with Crippen LogP contribution in [-0.2, 0) is 9.73 Å². The Morgan fingerprint density at radius 3 is 2.64 bits per heavy atom. The van der Waals surface area contributed by atoms with Crippen LogP contribution in [0.15, 0.2) is 30.3 Å². The summed E-state index contributed by atoms with van der Waals surface area (Å²) in [6, 6.07) is 9.22. The third-order valence-corrected chi connectivity index (χ3v) is 1.05. The van der Waals surface area contributed by atoms with Crippen LogP contribution in [0.3, 0.4) is 0 Å². The lowest BCUT2D eigenvalue weighted by atomic mass is 10.3. The van der Waals surface area contributed by atoms with Gasteiger partial charge < -0.3 is 0 Å². The number of para-hydroxylation sites is 1. The largest absolute Gasteiger partial charge is 0.277 e. The summed E-state index contributed by atoms with van der Waals surface area (Å²) in [5.41, 5.74) is 5.29. The molecule has 1 aromatic carbocycles. The van der Waals surface area contributed by atoms with Crippen molar-refractivity contribution in [1.29, 1.82) is 0 Å². The van der Waals surface area contributed by atoms with Crippen molar-refractivity contribution >= 4 is 12.1 Å². The minimum atomic E-state index is 0.440. The van der Waals surface area contributed by atoms with Crippen LogP contribution >= 0.6 is 0 Å². The van der Waals surface area contributed by atoms with Gasteiger partial charge in [-0.1, -0.05) is 18.2 Å². The molecule has 0 radical (unpaired) electrons. The maximum atomic E-state index is 9.72. The van der Waals surface area contributed by atoms with Gasteiger partial charge in [0.05, 0.1) is 5.69 Å². The van der Waals surface area contributed by atoms with E-state index in [4.69, 9.17) is 0 Å². The average molecular weight is 152 g/mol. The quantitative estimate of drug-likeness (QED) is 0.379. The zero-order valence-corrected chi connectivity index (χ0v) is 5.78. The minimum absolute atomic E-state index is 0.440. The molecule has 0 bridgehead atoms. The second kappa shape index (κ2) is 4.29. The lowest BCUT2D eigenvalue weighted by Gasteiger charge is -2.02. The number of amides is 1. The van der Waals surface area contributed by atoms with Gasteiger partial charge in [-0.15, -0.1) is 0 Å². The summed E-state index contributed by atoms with van der Waals surface area (Å²) >= 11 is 0. The van der Waals surface area contributed by atoms with Gasteiger partial charge in [0.25, 0.3) is 0 Å². The fourth-order valence-corrected chi connectivity index (χ4v) is 0.619. The lowest BCUT2D eigenvalue weighted by molar-refractivity contribution is -0.118. The number of nitrogens with one attached hydrogen (secondary N) is 2. The Morgan fingerprint density at radius 1 is 1.27 bits per heavy atom. The number of carbonyl (C=O) groups is 1. The van der Waals surface area contributed by atoms with Crippen molar-refractivity contribution in [3.8, 4) is 0 Å². The van der Waals surface area contributed by atoms with E-state index in [2.05, 4.69) is 10.4 Å². The van der Waals surface area contributed by atoms with Gasteiger partial charge in [0.15, 0.2) is 0 Å². The van der Waals surface area contributed by atoms with Crippen LogP contribution in [0.2, 0.25) is 0 Å². The van der Waals surface area contributed by atoms with Crippen molar-refractivity contribution in [2.75, 3.05) is 5.48 Å². The minimum Gasteiger partial charge on any atom is -0.277 e. The molecule has 0 aliphatic carbocycles. The molecule has 0 aliphatic rings. The number of hydrogen-bond acceptors (Lipinski definition) is 3. The Balaban J connectivity index is 2.33. The van der Waals surface area contributed by atoms with Crippen LogP contribution in [0.1, 0.15) is 0 Å². The second-order valence-corrected chi connectivity index (χ2v) is 1.81. The van der Waals surface area contributed by atoms with Gasteiger partial charge in [-0.25, -0.2) is 11.0 Å². The van der Waals surface area contributed by atoms with E-state index >= 15 is 0 Å². The Hall–Kier alpha value is -1.55. The van der Waals surface area contributed by atoms with E-state index in [1.54, 1.807) is 0 Å². The Bertz CT molecular complexity index is 213. The first-order chi connectivity index (χ1) is 5.43. The molecule has 0 saturated carbocycles. The molecule has 0 heterocycles. The van der Waals surface area contributed by atoms with Crippen molar-refractivity contribution in [2.24, 2.45) is 0 Å². The highest BCUT2D eigenvalue weighted by Crippen LogP contribution is 2.03. The molecule has 1 rings (SSSR count). The molecule has 4 heteroatoms. The van der Waals surface area contributed by atoms with Crippen molar-refractivity contribution < 1.29 is 9.73 Å². The standard InChI is InChI=1S/C7H8N2O2/c10-6-8-11-9-7-4-2-1-3-5-7/h1-6,9H,(H,8,10). The van der Waals surface area contributed by atoms with Crippen molar-refractivity contribution in [3.63, 3.8) is 0 Å². The summed E-state index contributed by atoms with van der Waals surface area (Å²) in [5, 5.41) is 0. The number of rotatable bonds is 4. The molecule has 0 aromatic heterocycles. The molecule has 0 spiro atoms. The average Bonchev–Trinajstić information content (AvgIpc) is 2.07. The highest BCUT2D eigenvalue weighted by molar-refractivity contribution is 5.45. The van der Waals surface area contributed by atoms with E-state index in [1.807, 2.05) is 35.8 Å². The first-order valence-corrected chi connectivity index (χ1v) is 3.09. The third kappa shape index (κ3) is 2.68. The molecule has 0 aliphatic heterocycles. The highest BCUT2D eigenvalue weighted by Gasteiger charge is 1.85. The fraction of sp³-hybridized carbons (Fsp3) is 0. The summed E-state index contributed by atoms with van der Waals surface area (Å²) in [4.78, 5) is 14.2. The molecule has 0 atom stereocenters. The molecular weight excluding hydrogens is 144 g/mol. The molecule has 0 unspecified atom stereocenters. The van der Waals surface area contributed by atoms with E-state index in [1.165, 1.54) is 0 Å². The topological polar surface area (TPSA) is 50.4 Å². The maximum Gasteiger partial charge on any atom is 0.232 e. The van der Waals surface area contributed by atoms with Crippen LogP contribution in [0.5, 0.6) is 0 Å². The van der Waals surface area contributed by atoms with Gasteiger partial charge in [-0.05, 0) is 12.1 Å². The Morgan fingerprint density at radius 2 is 2.00 bits per heavy atom. The number of carbonyl (C=O) groups excluding carboxylic acids is 1. The van der Waals surface area contributed by atoms with E-state index in [-0.39, 0.29) is 0 Å². The summed E-state index contributed by atoms with van der Waals surface area (Å²) < 4.78 is 0. The van der Waals surface area contributed by atoms with Gasteiger partial charge in [0, 0.05) is 0 Å². The Kier molecular flexibility index (Phi) is 2.95. The molecule has 58 valence electrons. The normalized spacial score (nSPS) is 8.73. The zero-order chi connectivity index (χ0) is 7.94. The Labute approximate surface area is 64.1 Å². The molecule has 1 aromatic rings. The summed E-state index contributed by atoms with van der Waals surface area (Å²) in [7, 11) is 0. The summed E-state index contributed by atoms with van der Waals surface area (Å²) in [5.74, 6) is 0. The van der Waals surface area contributed by atoms with Crippen LogP contribution < -0.4 is 11.0 Å². The van der Waals surface area contributed by atoms with E-state index in [0.717, 1.165) is 5.69 Å². The number of hydrogen-bond donors (Lipinski definition) is 2. The van der Waals surface area contributed by atoms with Crippen molar-refractivity contribution in [3.05, 3.63) is 30.3 Å². The molecule has 11 heavy (non-hydrogen) atoms. The van der Waals surface area contributed by atoms with Crippen molar-refractivity contribution in [2.45, 2.75) is 0 Å².